The number of piperazine rings is 1. The number of aryl methyl sites for hydroxylation is 1. The van der Waals surface area contributed by atoms with E-state index in [0.29, 0.717) is 0 Å². The van der Waals surface area contributed by atoms with Gasteiger partial charge in [-0.15, -0.1) is 0 Å². The van der Waals surface area contributed by atoms with Crippen LogP contribution in [0.25, 0.3) is 0 Å². The lowest BCUT2D eigenvalue weighted by molar-refractivity contribution is 0.312. The number of benzene rings is 1. The van der Waals surface area contributed by atoms with E-state index >= 15 is 0 Å². The molecule has 0 atom stereocenters. The van der Waals surface area contributed by atoms with Crippen molar-refractivity contribution in [1.29, 1.82) is 0 Å². The van der Waals surface area contributed by atoms with E-state index in [1.807, 2.05) is 6.07 Å². The van der Waals surface area contributed by atoms with Crippen LogP contribution in [-0.4, -0.2) is 48.1 Å². The van der Waals surface area contributed by atoms with E-state index in [4.69, 9.17) is 0 Å². The van der Waals surface area contributed by atoms with Gasteiger partial charge in [-0.3, -0.25) is 0 Å². The van der Waals surface area contributed by atoms with E-state index in [1.165, 1.54) is 18.4 Å². The van der Waals surface area contributed by atoms with Gasteiger partial charge in [0.25, 0.3) is 0 Å². The second-order valence-electron chi connectivity index (χ2n) is 6.48. The Morgan fingerprint density at radius 3 is 2.50 bits per heavy atom. The van der Waals surface area contributed by atoms with Gasteiger partial charge in [-0.25, -0.2) is 9.97 Å². The van der Waals surface area contributed by atoms with Gasteiger partial charge >= 0.3 is 0 Å². The topological polar surface area (TPSA) is 44.3 Å². The second-order valence-corrected chi connectivity index (χ2v) is 6.48. The summed E-state index contributed by atoms with van der Waals surface area (Å²) in [6.07, 6.45) is 5.27. The molecule has 2 heterocycles. The van der Waals surface area contributed by atoms with Gasteiger partial charge in [0, 0.05) is 37.9 Å². The number of aromatic nitrogens is 2. The van der Waals surface area contributed by atoms with Crippen molar-refractivity contribution >= 4 is 17.3 Å². The first-order chi connectivity index (χ1) is 11.7. The smallest absolute Gasteiger partial charge is 0.135 e. The van der Waals surface area contributed by atoms with E-state index < -0.39 is 0 Å². The molecular weight excluding hydrogens is 298 g/mol. The van der Waals surface area contributed by atoms with Crippen molar-refractivity contribution in [3.8, 4) is 0 Å². The molecule has 5 nitrogen and oxygen atoms in total. The van der Waals surface area contributed by atoms with Crippen LogP contribution in [0.3, 0.4) is 0 Å². The molecule has 1 N–H and O–H groups in total. The predicted octanol–water partition coefficient (Wildman–Crippen LogP) is 3.31. The molecule has 0 spiro atoms. The summed E-state index contributed by atoms with van der Waals surface area (Å²) in [5.41, 5.74) is 2.46. The molecule has 1 aromatic carbocycles. The summed E-state index contributed by atoms with van der Waals surface area (Å²) in [6, 6.07) is 10.7. The maximum Gasteiger partial charge on any atom is 0.135 e. The normalized spacial score (nSPS) is 15.5. The highest BCUT2D eigenvalue weighted by molar-refractivity contribution is 5.59. The number of nitrogens with one attached hydrogen (secondary N) is 1. The highest BCUT2D eigenvalue weighted by Gasteiger charge is 2.15. The molecule has 1 fully saturated rings. The lowest BCUT2D eigenvalue weighted by Crippen LogP contribution is -2.44. The zero-order valence-electron chi connectivity index (χ0n) is 14.7. The molecule has 0 amide bonds. The van der Waals surface area contributed by atoms with Crippen LogP contribution in [0.15, 0.2) is 36.7 Å². The van der Waals surface area contributed by atoms with E-state index in [0.717, 1.165) is 49.9 Å². The number of nitrogens with zero attached hydrogens (tertiary/aromatic N) is 4. The largest absolute Gasteiger partial charge is 0.354 e. The van der Waals surface area contributed by atoms with Crippen LogP contribution in [0.2, 0.25) is 0 Å². The summed E-state index contributed by atoms with van der Waals surface area (Å²) < 4.78 is 0. The molecule has 1 aromatic heterocycles. The van der Waals surface area contributed by atoms with E-state index in [2.05, 4.69) is 63.3 Å². The number of anilines is 3. The number of hydrogen-bond donors (Lipinski definition) is 1. The Labute approximate surface area is 144 Å². The van der Waals surface area contributed by atoms with Gasteiger partial charge in [-0.05, 0) is 37.6 Å². The Bertz CT molecular complexity index is 632. The highest BCUT2D eigenvalue weighted by atomic mass is 15.3. The van der Waals surface area contributed by atoms with Gasteiger partial charge < -0.3 is 15.1 Å². The minimum atomic E-state index is 0.847. The SMILES string of the molecule is CCCCc1ccc(Nc2cc(N3CCN(C)CC3)ncn2)cc1. The summed E-state index contributed by atoms with van der Waals surface area (Å²) in [7, 11) is 2.16. The van der Waals surface area contributed by atoms with Crippen LogP contribution in [0.4, 0.5) is 17.3 Å². The Kier molecular flexibility index (Phi) is 5.64. The second kappa shape index (κ2) is 8.11. The minimum Gasteiger partial charge on any atom is -0.354 e. The van der Waals surface area contributed by atoms with Gasteiger partial charge in [0.1, 0.15) is 18.0 Å². The van der Waals surface area contributed by atoms with Crippen molar-refractivity contribution in [1.82, 2.24) is 14.9 Å². The molecule has 1 aliphatic heterocycles. The molecule has 1 aliphatic rings. The first kappa shape index (κ1) is 16.7. The van der Waals surface area contributed by atoms with Crippen molar-refractivity contribution in [3.05, 3.63) is 42.2 Å². The van der Waals surface area contributed by atoms with Crippen LogP contribution in [0.5, 0.6) is 0 Å². The minimum absolute atomic E-state index is 0.847. The molecule has 5 heteroatoms. The first-order valence-electron chi connectivity index (χ1n) is 8.86. The fraction of sp³-hybridized carbons (Fsp3) is 0.474. The third-order valence-electron chi connectivity index (χ3n) is 4.53. The Hall–Kier alpha value is -2.14. The number of rotatable bonds is 6. The average Bonchev–Trinajstić information content (AvgIpc) is 2.62. The third kappa shape index (κ3) is 4.45. The number of likely N-dealkylation sites (N-methyl/N-ethyl adjacent to an activating group) is 1. The van der Waals surface area contributed by atoms with Crippen LogP contribution >= 0.6 is 0 Å². The van der Waals surface area contributed by atoms with Crippen molar-refractivity contribution in [2.24, 2.45) is 0 Å². The summed E-state index contributed by atoms with van der Waals surface area (Å²) in [5, 5.41) is 3.39. The fourth-order valence-corrected chi connectivity index (χ4v) is 2.91. The number of hydrogen-bond acceptors (Lipinski definition) is 5. The van der Waals surface area contributed by atoms with E-state index in [1.54, 1.807) is 6.33 Å². The molecule has 1 saturated heterocycles. The zero-order chi connectivity index (χ0) is 16.8. The summed E-state index contributed by atoms with van der Waals surface area (Å²) in [5.74, 6) is 1.85. The molecule has 24 heavy (non-hydrogen) atoms. The lowest BCUT2D eigenvalue weighted by Gasteiger charge is -2.33. The number of unbranched alkanes of at least 4 members (excludes halogenated alkanes) is 1. The fourth-order valence-electron chi connectivity index (χ4n) is 2.91. The van der Waals surface area contributed by atoms with Gasteiger partial charge in [-0.1, -0.05) is 25.5 Å². The maximum absolute atomic E-state index is 4.43. The standard InChI is InChI=1S/C19H27N5/c1-3-4-5-16-6-8-17(9-7-16)22-18-14-19(21-15-20-18)24-12-10-23(2)11-13-24/h6-9,14-15H,3-5,10-13H2,1-2H3,(H,20,21,22). The van der Waals surface area contributed by atoms with Gasteiger partial charge in [-0.2, -0.15) is 0 Å². The predicted molar refractivity (Wildman–Crippen MR) is 100 cm³/mol. The molecule has 0 bridgehead atoms. The van der Waals surface area contributed by atoms with E-state index in [-0.39, 0.29) is 0 Å². The molecule has 0 radical (unpaired) electrons. The molecule has 0 aliphatic carbocycles. The van der Waals surface area contributed by atoms with Crippen molar-refractivity contribution < 1.29 is 0 Å². The third-order valence-corrected chi connectivity index (χ3v) is 4.53. The summed E-state index contributed by atoms with van der Waals surface area (Å²) in [4.78, 5) is 13.5. The van der Waals surface area contributed by atoms with Gasteiger partial charge in [0.15, 0.2) is 0 Å². The van der Waals surface area contributed by atoms with Crippen molar-refractivity contribution in [2.45, 2.75) is 26.2 Å². The Morgan fingerprint density at radius 1 is 1.04 bits per heavy atom. The van der Waals surface area contributed by atoms with Gasteiger partial charge in [0.2, 0.25) is 0 Å². The lowest BCUT2D eigenvalue weighted by atomic mass is 10.1. The molecule has 2 aromatic rings. The van der Waals surface area contributed by atoms with Crippen LogP contribution < -0.4 is 10.2 Å². The van der Waals surface area contributed by atoms with Gasteiger partial charge in [0.05, 0.1) is 0 Å². The summed E-state index contributed by atoms with van der Waals surface area (Å²) in [6.45, 7) is 6.40. The van der Waals surface area contributed by atoms with Crippen LogP contribution in [0, 0.1) is 0 Å². The molecule has 0 saturated carbocycles. The Balaban J connectivity index is 1.64. The maximum atomic E-state index is 4.43. The zero-order valence-corrected chi connectivity index (χ0v) is 14.7. The summed E-state index contributed by atoms with van der Waals surface area (Å²) >= 11 is 0. The first-order valence-corrected chi connectivity index (χ1v) is 8.86. The average molecular weight is 325 g/mol. The quantitative estimate of drug-likeness (QED) is 0.883. The van der Waals surface area contributed by atoms with Crippen LogP contribution in [0.1, 0.15) is 25.3 Å². The molecular formula is C19H27N5. The monoisotopic (exact) mass is 325 g/mol. The Morgan fingerprint density at radius 2 is 1.79 bits per heavy atom. The molecule has 128 valence electrons. The van der Waals surface area contributed by atoms with E-state index in [9.17, 15) is 0 Å². The molecule has 3 rings (SSSR count). The van der Waals surface area contributed by atoms with Crippen molar-refractivity contribution in [2.75, 3.05) is 43.4 Å². The highest BCUT2D eigenvalue weighted by Crippen LogP contribution is 2.20. The molecule has 0 unspecified atom stereocenters. The van der Waals surface area contributed by atoms with Crippen LogP contribution in [-0.2, 0) is 6.42 Å². The van der Waals surface area contributed by atoms with Crippen molar-refractivity contribution in [3.63, 3.8) is 0 Å².